The number of nitrogens with one attached hydrogen (secondary N) is 1. The van der Waals surface area contributed by atoms with Gasteiger partial charge in [-0.1, -0.05) is 24.3 Å². The van der Waals surface area contributed by atoms with Crippen molar-refractivity contribution < 1.29 is 4.39 Å². The highest BCUT2D eigenvalue weighted by atomic mass is 19.1. The third kappa shape index (κ3) is 3.79. The first kappa shape index (κ1) is 17.0. The number of guanidine groups is 1. The topological polar surface area (TPSA) is 45.5 Å². The van der Waals surface area contributed by atoms with Gasteiger partial charge in [0.1, 0.15) is 11.6 Å². The van der Waals surface area contributed by atoms with Crippen LogP contribution >= 0.6 is 0 Å². The predicted molar refractivity (Wildman–Crippen MR) is 98.8 cm³/mol. The molecule has 1 aromatic heterocycles. The zero-order valence-corrected chi connectivity index (χ0v) is 14.7. The van der Waals surface area contributed by atoms with Gasteiger partial charge in [0.15, 0.2) is 5.96 Å². The fraction of sp³-hybridized carbons (Fsp3) is 0.263. The Morgan fingerprint density at radius 1 is 1.24 bits per heavy atom. The van der Waals surface area contributed by atoms with Gasteiger partial charge in [0, 0.05) is 27.7 Å². The van der Waals surface area contributed by atoms with Crippen LogP contribution in [-0.4, -0.2) is 34.5 Å². The minimum atomic E-state index is -0.228. The van der Waals surface area contributed by atoms with Gasteiger partial charge in [-0.25, -0.2) is 9.37 Å². The van der Waals surface area contributed by atoms with E-state index >= 15 is 0 Å². The van der Waals surface area contributed by atoms with E-state index in [-0.39, 0.29) is 5.82 Å². The molecular formula is C19H22FN5. The first-order chi connectivity index (χ1) is 12.1. The Kier molecular flexibility index (Phi) is 4.97. The molecule has 0 amide bonds. The highest BCUT2D eigenvalue weighted by molar-refractivity contribution is 5.80. The van der Waals surface area contributed by atoms with Crippen LogP contribution in [0.4, 0.5) is 4.39 Å². The molecule has 1 heterocycles. The summed E-state index contributed by atoms with van der Waals surface area (Å²) in [4.78, 5) is 10.9. The molecule has 3 rings (SSSR count). The largest absolute Gasteiger partial charge is 0.349 e. The monoisotopic (exact) mass is 339 g/mol. The summed E-state index contributed by atoms with van der Waals surface area (Å²) in [6.45, 7) is 1.13. The van der Waals surface area contributed by atoms with Crippen LogP contribution in [0.5, 0.6) is 0 Å². The molecule has 0 aliphatic heterocycles. The summed E-state index contributed by atoms with van der Waals surface area (Å²) >= 11 is 0. The molecule has 1 N–H and O–H groups in total. The third-order valence-electron chi connectivity index (χ3n) is 4.17. The normalized spacial score (nSPS) is 11.8. The molecule has 0 radical (unpaired) electrons. The van der Waals surface area contributed by atoms with Gasteiger partial charge in [-0.3, -0.25) is 4.99 Å². The van der Waals surface area contributed by atoms with Gasteiger partial charge in [-0.2, -0.15) is 0 Å². The van der Waals surface area contributed by atoms with E-state index in [1.807, 2.05) is 43.3 Å². The summed E-state index contributed by atoms with van der Waals surface area (Å²) < 4.78 is 15.4. The fourth-order valence-corrected chi connectivity index (χ4v) is 2.88. The summed E-state index contributed by atoms with van der Waals surface area (Å²) in [5.74, 6) is 1.44. The lowest BCUT2D eigenvalue weighted by atomic mass is 10.2. The molecule has 5 nitrogen and oxygen atoms in total. The highest BCUT2D eigenvalue weighted by Gasteiger charge is 2.10. The van der Waals surface area contributed by atoms with Gasteiger partial charge in [0.2, 0.25) is 0 Å². The number of imidazole rings is 1. The highest BCUT2D eigenvalue weighted by Crippen LogP contribution is 2.14. The Morgan fingerprint density at radius 2 is 2.04 bits per heavy atom. The number of nitrogens with zero attached hydrogens (tertiary/aromatic N) is 4. The summed E-state index contributed by atoms with van der Waals surface area (Å²) in [6.07, 6.45) is 0. The van der Waals surface area contributed by atoms with Crippen molar-refractivity contribution in [2.24, 2.45) is 12.0 Å². The van der Waals surface area contributed by atoms with Crippen LogP contribution < -0.4 is 5.32 Å². The van der Waals surface area contributed by atoms with Gasteiger partial charge in [-0.05, 0) is 29.8 Å². The molecule has 0 aliphatic rings. The molecule has 0 saturated heterocycles. The Labute approximate surface area is 146 Å². The smallest absolute Gasteiger partial charge is 0.194 e. The van der Waals surface area contributed by atoms with Crippen molar-refractivity contribution in [3.8, 4) is 0 Å². The first-order valence-electron chi connectivity index (χ1n) is 8.15. The third-order valence-corrected chi connectivity index (χ3v) is 4.17. The van der Waals surface area contributed by atoms with Crippen LogP contribution in [0.25, 0.3) is 11.0 Å². The number of hydrogen-bond acceptors (Lipinski definition) is 2. The summed E-state index contributed by atoms with van der Waals surface area (Å²) in [5, 5.41) is 3.32. The van der Waals surface area contributed by atoms with Gasteiger partial charge in [-0.15, -0.1) is 0 Å². The molecule has 0 spiro atoms. The lowest BCUT2D eigenvalue weighted by molar-refractivity contribution is 0.472. The number of fused-ring (bicyclic) bond motifs is 1. The lowest BCUT2D eigenvalue weighted by Gasteiger charge is -2.22. The standard InChI is InChI=1S/C19H22FN5/c1-21-19(24(2)13-14-7-6-8-15(20)11-14)22-12-18-23-16-9-4-5-10-17(16)25(18)3/h4-11H,12-13H2,1-3H3,(H,21,22). The van der Waals surface area contributed by atoms with E-state index in [4.69, 9.17) is 0 Å². The molecule has 130 valence electrons. The van der Waals surface area contributed by atoms with Crippen molar-refractivity contribution in [2.75, 3.05) is 14.1 Å². The number of aryl methyl sites for hydroxylation is 1. The minimum Gasteiger partial charge on any atom is -0.349 e. The maximum Gasteiger partial charge on any atom is 0.194 e. The van der Waals surface area contributed by atoms with Crippen molar-refractivity contribution in [1.82, 2.24) is 19.8 Å². The number of benzene rings is 2. The molecule has 0 aliphatic carbocycles. The second-order valence-corrected chi connectivity index (χ2v) is 5.96. The number of rotatable bonds is 4. The minimum absolute atomic E-state index is 0.228. The van der Waals surface area contributed by atoms with E-state index in [2.05, 4.69) is 25.9 Å². The van der Waals surface area contributed by atoms with Gasteiger partial charge in [0.05, 0.1) is 17.6 Å². The zero-order valence-electron chi connectivity index (χ0n) is 14.7. The van der Waals surface area contributed by atoms with Crippen LogP contribution in [0.2, 0.25) is 0 Å². The van der Waals surface area contributed by atoms with Crippen LogP contribution in [0.1, 0.15) is 11.4 Å². The Bertz CT molecular complexity index is 900. The second-order valence-electron chi connectivity index (χ2n) is 5.96. The number of aromatic nitrogens is 2. The molecule has 25 heavy (non-hydrogen) atoms. The molecule has 3 aromatic rings. The summed E-state index contributed by atoms with van der Waals surface area (Å²) in [6, 6.07) is 14.6. The lowest BCUT2D eigenvalue weighted by Crippen LogP contribution is -2.38. The van der Waals surface area contributed by atoms with E-state index in [1.165, 1.54) is 12.1 Å². The Hall–Kier alpha value is -2.89. The van der Waals surface area contributed by atoms with E-state index in [9.17, 15) is 4.39 Å². The van der Waals surface area contributed by atoms with Crippen LogP contribution in [0.3, 0.4) is 0 Å². The maximum absolute atomic E-state index is 13.3. The van der Waals surface area contributed by atoms with E-state index in [0.29, 0.717) is 13.1 Å². The first-order valence-corrected chi connectivity index (χ1v) is 8.15. The van der Waals surface area contributed by atoms with E-state index in [1.54, 1.807) is 13.1 Å². The van der Waals surface area contributed by atoms with Gasteiger partial charge < -0.3 is 14.8 Å². The predicted octanol–water partition coefficient (Wildman–Crippen LogP) is 2.92. The van der Waals surface area contributed by atoms with Crippen molar-refractivity contribution in [3.63, 3.8) is 0 Å². The molecule has 0 fully saturated rings. The van der Waals surface area contributed by atoms with Crippen molar-refractivity contribution in [3.05, 3.63) is 65.7 Å². The fourth-order valence-electron chi connectivity index (χ4n) is 2.88. The summed E-state index contributed by atoms with van der Waals surface area (Å²) in [7, 11) is 5.67. The zero-order chi connectivity index (χ0) is 17.8. The molecular weight excluding hydrogens is 317 g/mol. The maximum atomic E-state index is 13.3. The molecule has 0 atom stereocenters. The van der Waals surface area contributed by atoms with Crippen molar-refractivity contribution >= 4 is 17.0 Å². The molecule has 6 heteroatoms. The average molecular weight is 339 g/mol. The molecule has 0 saturated carbocycles. The Balaban J connectivity index is 1.68. The van der Waals surface area contributed by atoms with E-state index in [0.717, 1.165) is 28.4 Å². The number of halogens is 1. The average Bonchev–Trinajstić information content (AvgIpc) is 2.92. The number of hydrogen-bond donors (Lipinski definition) is 1. The second kappa shape index (κ2) is 7.34. The quantitative estimate of drug-likeness (QED) is 0.587. The SMILES string of the molecule is CN=C(NCc1nc2ccccc2n1C)N(C)Cc1cccc(F)c1. The summed E-state index contributed by atoms with van der Waals surface area (Å²) in [5.41, 5.74) is 2.97. The molecule has 0 unspecified atom stereocenters. The van der Waals surface area contributed by atoms with Crippen LogP contribution in [0, 0.1) is 5.82 Å². The van der Waals surface area contributed by atoms with Crippen LogP contribution in [0.15, 0.2) is 53.5 Å². The number of aliphatic imine (C=N–C) groups is 1. The Morgan fingerprint density at radius 3 is 2.76 bits per heavy atom. The van der Waals surface area contributed by atoms with Crippen molar-refractivity contribution in [2.45, 2.75) is 13.1 Å². The molecule has 0 bridgehead atoms. The van der Waals surface area contributed by atoms with E-state index < -0.39 is 0 Å². The molecule has 2 aromatic carbocycles. The van der Waals surface area contributed by atoms with Gasteiger partial charge in [0.25, 0.3) is 0 Å². The van der Waals surface area contributed by atoms with Gasteiger partial charge >= 0.3 is 0 Å². The van der Waals surface area contributed by atoms with Crippen LogP contribution in [-0.2, 0) is 20.1 Å². The van der Waals surface area contributed by atoms with Crippen molar-refractivity contribution in [1.29, 1.82) is 0 Å². The number of para-hydroxylation sites is 2.